The van der Waals surface area contributed by atoms with Crippen LogP contribution in [0.2, 0.25) is 0 Å². The number of nitrogens with zero attached hydrogens (tertiary/aromatic N) is 1. The van der Waals surface area contributed by atoms with Crippen molar-refractivity contribution < 1.29 is 0 Å². The van der Waals surface area contributed by atoms with Crippen LogP contribution in [0.15, 0.2) is 18.2 Å². The first-order valence-electron chi connectivity index (χ1n) is 5.72. The number of rotatable bonds is 4. The Balaban J connectivity index is 1.97. The zero-order valence-corrected chi connectivity index (χ0v) is 9.88. The second-order valence-electron chi connectivity index (χ2n) is 4.53. The van der Waals surface area contributed by atoms with Crippen LogP contribution in [-0.2, 0) is 0 Å². The molecule has 0 saturated carbocycles. The second kappa shape index (κ2) is 4.23. The molecule has 1 heterocycles. The van der Waals surface area contributed by atoms with Crippen molar-refractivity contribution in [2.45, 2.75) is 26.8 Å². The number of anilines is 1. The largest absolute Gasteiger partial charge is 0.383 e. The van der Waals surface area contributed by atoms with E-state index in [2.05, 4.69) is 49.2 Å². The SMILES string of the molecule is Cc1cccc(C)c1NCC(C)N1CC1. The van der Waals surface area contributed by atoms with Gasteiger partial charge in [0.25, 0.3) is 0 Å². The summed E-state index contributed by atoms with van der Waals surface area (Å²) in [7, 11) is 0. The smallest absolute Gasteiger partial charge is 0.0400 e. The Morgan fingerprint density at radius 2 is 1.87 bits per heavy atom. The van der Waals surface area contributed by atoms with Gasteiger partial charge < -0.3 is 5.32 Å². The van der Waals surface area contributed by atoms with E-state index >= 15 is 0 Å². The molecule has 0 bridgehead atoms. The van der Waals surface area contributed by atoms with E-state index in [0.717, 1.165) is 6.54 Å². The van der Waals surface area contributed by atoms with Crippen molar-refractivity contribution >= 4 is 5.69 Å². The van der Waals surface area contributed by atoms with Gasteiger partial charge in [-0.15, -0.1) is 0 Å². The predicted octanol–water partition coefficient (Wildman–Crippen LogP) is 2.42. The Hall–Kier alpha value is -1.02. The summed E-state index contributed by atoms with van der Waals surface area (Å²) >= 11 is 0. The van der Waals surface area contributed by atoms with Crippen molar-refractivity contribution in [3.63, 3.8) is 0 Å². The van der Waals surface area contributed by atoms with Crippen LogP contribution in [0.5, 0.6) is 0 Å². The Labute approximate surface area is 92.3 Å². The molecular formula is C13H20N2. The molecule has 1 aromatic carbocycles. The maximum absolute atomic E-state index is 3.56. The van der Waals surface area contributed by atoms with Gasteiger partial charge in [-0.1, -0.05) is 18.2 Å². The Kier molecular flexibility index (Phi) is 2.96. The molecule has 0 spiro atoms. The molecular weight excluding hydrogens is 184 g/mol. The van der Waals surface area contributed by atoms with Gasteiger partial charge in [0.1, 0.15) is 0 Å². The number of hydrogen-bond acceptors (Lipinski definition) is 2. The minimum Gasteiger partial charge on any atom is -0.383 e. The summed E-state index contributed by atoms with van der Waals surface area (Å²) in [5.74, 6) is 0. The number of aryl methyl sites for hydroxylation is 2. The zero-order valence-electron chi connectivity index (χ0n) is 9.88. The third-order valence-electron chi connectivity index (χ3n) is 3.16. The van der Waals surface area contributed by atoms with Gasteiger partial charge in [0.2, 0.25) is 0 Å². The van der Waals surface area contributed by atoms with Gasteiger partial charge in [-0.3, -0.25) is 4.90 Å². The van der Waals surface area contributed by atoms with E-state index in [9.17, 15) is 0 Å². The molecule has 1 fully saturated rings. The van der Waals surface area contributed by atoms with Gasteiger partial charge in [0.05, 0.1) is 0 Å². The van der Waals surface area contributed by atoms with Crippen molar-refractivity contribution in [3.05, 3.63) is 29.3 Å². The van der Waals surface area contributed by atoms with Gasteiger partial charge in [0.15, 0.2) is 0 Å². The highest BCUT2D eigenvalue weighted by molar-refractivity contribution is 5.56. The van der Waals surface area contributed by atoms with Gasteiger partial charge in [-0.05, 0) is 31.9 Å². The monoisotopic (exact) mass is 204 g/mol. The number of benzene rings is 1. The molecule has 2 heteroatoms. The summed E-state index contributed by atoms with van der Waals surface area (Å²) in [4.78, 5) is 2.47. The van der Waals surface area contributed by atoms with Gasteiger partial charge in [-0.25, -0.2) is 0 Å². The Morgan fingerprint density at radius 1 is 1.27 bits per heavy atom. The first kappa shape index (κ1) is 10.5. The van der Waals surface area contributed by atoms with Crippen LogP contribution >= 0.6 is 0 Å². The summed E-state index contributed by atoms with van der Waals surface area (Å²) < 4.78 is 0. The molecule has 1 aliphatic heterocycles. The molecule has 1 aromatic rings. The van der Waals surface area contributed by atoms with Crippen LogP contribution in [0.25, 0.3) is 0 Å². The second-order valence-corrected chi connectivity index (χ2v) is 4.53. The normalized spacial score (nSPS) is 17.5. The molecule has 1 aliphatic rings. The standard InChI is InChI=1S/C13H20N2/c1-10-5-4-6-11(2)13(10)14-9-12(3)15-7-8-15/h4-6,12,14H,7-9H2,1-3H3. The molecule has 15 heavy (non-hydrogen) atoms. The maximum atomic E-state index is 3.56. The summed E-state index contributed by atoms with van der Waals surface area (Å²) in [5, 5.41) is 3.56. The molecule has 2 rings (SSSR count). The van der Waals surface area contributed by atoms with E-state index in [1.165, 1.54) is 29.9 Å². The van der Waals surface area contributed by atoms with Crippen LogP contribution in [0.3, 0.4) is 0 Å². The molecule has 1 unspecified atom stereocenters. The molecule has 1 atom stereocenters. The maximum Gasteiger partial charge on any atom is 0.0400 e. The highest BCUT2D eigenvalue weighted by Gasteiger charge is 2.23. The summed E-state index contributed by atoms with van der Waals surface area (Å²) in [6.45, 7) is 10.2. The minimum absolute atomic E-state index is 0.656. The topological polar surface area (TPSA) is 15.0 Å². The predicted molar refractivity (Wildman–Crippen MR) is 65.4 cm³/mol. The van der Waals surface area contributed by atoms with Gasteiger partial charge >= 0.3 is 0 Å². The van der Waals surface area contributed by atoms with E-state index < -0.39 is 0 Å². The summed E-state index contributed by atoms with van der Waals surface area (Å²) in [6, 6.07) is 7.10. The first-order chi connectivity index (χ1) is 7.18. The molecule has 0 amide bonds. The van der Waals surface area contributed by atoms with Crippen molar-refractivity contribution in [1.82, 2.24) is 4.90 Å². The average molecular weight is 204 g/mol. The zero-order chi connectivity index (χ0) is 10.8. The van der Waals surface area contributed by atoms with Gasteiger partial charge in [-0.2, -0.15) is 0 Å². The fourth-order valence-corrected chi connectivity index (χ4v) is 1.97. The van der Waals surface area contributed by atoms with Crippen molar-refractivity contribution in [3.8, 4) is 0 Å². The van der Waals surface area contributed by atoms with Crippen LogP contribution in [0.4, 0.5) is 5.69 Å². The van der Waals surface area contributed by atoms with Crippen LogP contribution in [0, 0.1) is 13.8 Å². The Morgan fingerprint density at radius 3 is 2.40 bits per heavy atom. The lowest BCUT2D eigenvalue weighted by Gasteiger charge is -2.17. The van der Waals surface area contributed by atoms with E-state index in [0.29, 0.717) is 6.04 Å². The lowest BCUT2D eigenvalue weighted by atomic mass is 10.1. The Bertz CT molecular complexity index is 322. The summed E-state index contributed by atoms with van der Waals surface area (Å²) in [6.07, 6.45) is 0. The average Bonchev–Trinajstić information content (AvgIpc) is 2.99. The molecule has 0 aromatic heterocycles. The fraction of sp³-hybridized carbons (Fsp3) is 0.538. The van der Waals surface area contributed by atoms with Crippen LogP contribution in [-0.4, -0.2) is 30.6 Å². The molecule has 1 saturated heterocycles. The number of para-hydroxylation sites is 1. The fourth-order valence-electron chi connectivity index (χ4n) is 1.97. The highest BCUT2D eigenvalue weighted by atomic mass is 15.3. The molecule has 0 radical (unpaired) electrons. The third kappa shape index (κ3) is 2.51. The third-order valence-corrected chi connectivity index (χ3v) is 3.16. The van der Waals surface area contributed by atoms with E-state index in [1.807, 2.05) is 0 Å². The lowest BCUT2D eigenvalue weighted by molar-refractivity contribution is 0.445. The molecule has 0 aliphatic carbocycles. The first-order valence-corrected chi connectivity index (χ1v) is 5.72. The van der Waals surface area contributed by atoms with Gasteiger partial charge in [0, 0.05) is 31.4 Å². The lowest BCUT2D eigenvalue weighted by Crippen LogP contribution is -2.24. The number of nitrogens with one attached hydrogen (secondary N) is 1. The summed E-state index contributed by atoms with van der Waals surface area (Å²) in [5.41, 5.74) is 3.99. The van der Waals surface area contributed by atoms with Crippen molar-refractivity contribution in [1.29, 1.82) is 0 Å². The van der Waals surface area contributed by atoms with Crippen LogP contribution < -0.4 is 5.32 Å². The molecule has 2 nitrogen and oxygen atoms in total. The van der Waals surface area contributed by atoms with E-state index in [1.54, 1.807) is 0 Å². The van der Waals surface area contributed by atoms with Crippen molar-refractivity contribution in [2.24, 2.45) is 0 Å². The molecule has 82 valence electrons. The van der Waals surface area contributed by atoms with Crippen LogP contribution in [0.1, 0.15) is 18.1 Å². The number of hydrogen-bond donors (Lipinski definition) is 1. The highest BCUT2D eigenvalue weighted by Crippen LogP contribution is 2.20. The molecule has 1 N–H and O–H groups in total. The van der Waals surface area contributed by atoms with E-state index in [-0.39, 0.29) is 0 Å². The van der Waals surface area contributed by atoms with Crippen molar-refractivity contribution in [2.75, 3.05) is 25.0 Å². The van der Waals surface area contributed by atoms with E-state index in [4.69, 9.17) is 0 Å². The quantitative estimate of drug-likeness (QED) is 0.758. The minimum atomic E-state index is 0.656.